The molecule has 18 heavy (non-hydrogen) atoms. The van der Waals surface area contributed by atoms with Crippen molar-refractivity contribution in [2.75, 3.05) is 33.4 Å². The number of rotatable bonds is 2. The Morgan fingerprint density at radius 1 is 1.22 bits per heavy atom. The van der Waals surface area contributed by atoms with Crippen LogP contribution in [0.4, 0.5) is 0 Å². The Morgan fingerprint density at radius 3 is 2.67 bits per heavy atom. The molecule has 5 heteroatoms. The Kier molecular flexibility index (Phi) is 3.54. The molecule has 1 fully saturated rings. The Morgan fingerprint density at radius 2 is 1.94 bits per heavy atom. The molecule has 0 N–H and O–H groups in total. The maximum Gasteiger partial charge on any atom is 0.123 e. The summed E-state index contributed by atoms with van der Waals surface area (Å²) in [7, 11) is 2.01. The fourth-order valence-corrected chi connectivity index (χ4v) is 3.33. The Balaban J connectivity index is 1.84. The van der Waals surface area contributed by atoms with Crippen molar-refractivity contribution in [1.82, 2.24) is 9.31 Å². The molecule has 0 aliphatic carbocycles. The van der Waals surface area contributed by atoms with E-state index < -0.39 is 0 Å². The number of hydrogen-bond acceptors (Lipinski definition) is 5. The van der Waals surface area contributed by atoms with E-state index in [1.807, 2.05) is 17.5 Å². The summed E-state index contributed by atoms with van der Waals surface area (Å²) in [6, 6.07) is 10.4. The van der Waals surface area contributed by atoms with Crippen LogP contribution in [0.5, 0.6) is 0 Å². The van der Waals surface area contributed by atoms with Gasteiger partial charge in [-0.05, 0) is 11.9 Å². The fraction of sp³-hybridized carbons (Fsp3) is 0.462. The zero-order valence-electron chi connectivity index (χ0n) is 10.5. The van der Waals surface area contributed by atoms with Gasteiger partial charge in [-0.15, -0.1) is 0 Å². The Labute approximate surface area is 112 Å². The lowest BCUT2D eigenvalue weighted by molar-refractivity contribution is 0.0411. The van der Waals surface area contributed by atoms with Crippen LogP contribution in [0.25, 0.3) is 0 Å². The highest BCUT2D eigenvalue weighted by atomic mass is 32.2. The number of morpholine rings is 1. The summed E-state index contributed by atoms with van der Waals surface area (Å²) in [6.45, 7) is 3.61. The van der Waals surface area contributed by atoms with Gasteiger partial charge in [0, 0.05) is 25.7 Å². The molecule has 3 rings (SSSR count). The Hall–Kier alpha value is -1.04. The van der Waals surface area contributed by atoms with E-state index in [1.54, 1.807) is 11.9 Å². The van der Waals surface area contributed by atoms with E-state index in [1.165, 1.54) is 5.56 Å². The first-order valence-corrected chi connectivity index (χ1v) is 7.04. The average Bonchev–Trinajstić information content (AvgIpc) is 2.83. The third-order valence-corrected chi connectivity index (χ3v) is 4.29. The van der Waals surface area contributed by atoms with Gasteiger partial charge in [0.2, 0.25) is 0 Å². The first-order chi connectivity index (χ1) is 8.84. The van der Waals surface area contributed by atoms with Crippen molar-refractivity contribution in [3.63, 3.8) is 0 Å². The SMILES string of the molecule is CN1N=C(c2ccccc2)C(N2CCOCC2)S1. The minimum absolute atomic E-state index is 0.321. The molecule has 2 aliphatic heterocycles. The molecular formula is C13H17N3OS. The number of hydrazone groups is 1. The van der Waals surface area contributed by atoms with Crippen LogP contribution in [0, 0.1) is 0 Å². The van der Waals surface area contributed by atoms with Crippen molar-refractivity contribution >= 4 is 17.7 Å². The molecule has 96 valence electrons. The number of ether oxygens (including phenoxy) is 1. The molecule has 0 saturated carbocycles. The van der Waals surface area contributed by atoms with Crippen molar-refractivity contribution in [1.29, 1.82) is 0 Å². The molecule has 0 spiro atoms. The molecule has 1 aromatic rings. The van der Waals surface area contributed by atoms with E-state index in [2.05, 4.69) is 34.3 Å². The fourth-order valence-electron chi connectivity index (χ4n) is 2.28. The van der Waals surface area contributed by atoms with Gasteiger partial charge in [0.15, 0.2) is 0 Å². The van der Waals surface area contributed by atoms with Gasteiger partial charge in [-0.3, -0.25) is 4.90 Å². The summed E-state index contributed by atoms with van der Waals surface area (Å²) in [4.78, 5) is 2.45. The monoisotopic (exact) mass is 263 g/mol. The van der Waals surface area contributed by atoms with Crippen LogP contribution >= 0.6 is 11.9 Å². The standard InChI is InChI=1S/C13H17N3OS/c1-15-14-12(11-5-3-2-4-6-11)13(18-15)16-7-9-17-10-8-16/h2-6,13H,7-10H2,1H3. The van der Waals surface area contributed by atoms with Gasteiger partial charge >= 0.3 is 0 Å². The van der Waals surface area contributed by atoms with E-state index in [0.717, 1.165) is 32.0 Å². The third-order valence-electron chi connectivity index (χ3n) is 3.18. The number of nitrogens with zero attached hydrogens (tertiary/aromatic N) is 3. The Bertz CT molecular complexity index is 431. The first kappa shape index (κ1) is 12.0. The first-order valence-electron chi connectivity index (χ1n) is 6.21. The highest BCUT2D eigenvalue weighted by Crippen LogP contribution is 2.30. The summed E-state index contributed by atoms with van der Waals surface area (Å²) >= 11 is 1.77. The lowest BCUT2D eigenvalue weighted by Gasteiger charge is -2.31. The second-order valence-corrected chi connectivity index (χ2v) is 5.61. The van der Waals surface area contributed by atoms with Crippen molar-refractivity contribution in [2.24, 2.45) is 5.10 Å². The van der Waals surface area contributed by atoms with E-state index >= 15 is 0 Å². The van der Waals surface area contributed by atoms with Gasteiger partial charge in [-0.1, -0.05) is 30.3 Å². The largest absolute Gasteiger partial charge is 0.379 e. The second kappa shape index (κ2) is 5.30. The lowest BCUT2D eigenvalue weighted by Crippen LogP contribution is -2.45. The van der Waals surface area contributed by atoms with Crippen LogP contribution in [0.3, 0.4) is 0 Å². The molecule has 2 heterocycles. The van der Waals surface area contributed by atoms with Crippen molar-refractivity contribution in [2.45, 2.75) is 5.37 Å². The van der Waals surface area contributed by atoms with Crippen LogP contribution < -0.4 is 0 Å². The molecule has 1 saturated heterocycles. The highest BCUT2D eigenvalue weighted by Gasteiger charge is 2.33. The van der Waals surface area contributed by atoms with Crippen molar-refractivity contribution in [3.8, 4) is 0 Å². The molecule has 1 atom stereocenters. The molecule has 0 bridgehead atoms. The van der Waals surface area contributed by atoms with Crippen LogP contribution in [0.2, 0.25) is 0 Å². The van der Waals surface area contributed by atoms with E-state index in [4.69, 9.17) is 4.74 Å². The summed E-state index contributed by atoms with van der Waals surface area (Å²) in [6.07, 6.45) is 0. The minimum Gasteiger partial charge on any atom is -0.379 e. The van der Waals surface area contributed by atoms with Gasteiger partial charge in [0.25, 0.3) is 0 Å². The van der Waals surface area contributed by atoms with Crippen molar-refractivity contribution < 1.29 is 4.74 Å². The highest BCUT2D eigenvalue weighted by molar-refractivity contribution is 7.98. The average molecular weight is 263 g/mol. The van der Waals surface area contributed by atoms with Crippen LogP contribution in [0.15, 0.2) is 35.4 Å². The predicted octanol–water partition coefficient (Wildman–Crippen LogP) is 1.64. The van der Waals surface area contributed by atoms with E-state index in [-0.39, 0.29) is 0 Å². The lowest BCUT2D eigenvalue weighted by atomic mass is 10.1. The third kappa shape index (κ3) is 2.39. The maximum atomic E-state index is 5.42. The predicted molar refractivity (Wildman–Crippen MR) is 74.5 cm³/mol. The second-order valence-electron chi connectivity index (χ2n) is 4.42. The van der Waals surface area contributed by atoms with Crippen LogP contribution in [-0.4, -0.2) is 53.8 Å². The molecule has 1 unspecified atom stereocenters. The van der Waals surface area contributed by atoms with Gasteiger partial charge in [0.1, 0.15) is 5.37 Å². The summed E-state index contributed by atoms with van der Waals surface area (Å²) < 4.78 is 7.38. The molecule has 0 amide bonds. The van der Waals surface area contributed by atoms with Gasteiger partial charge in [0.05, 0.1) is 18.9 Å². The van der Waals surface area contributed by atoms with Gasteiger partial charge in [-0.25, -0.2) is 4.41 Å². The molecule has 4 nitrogen and oxygen atoms in total. The smallest absolute Gasteiger partial charge is 0.123 e. The molecule has 2 aliphatic rings. The maximum absolute atomic E-state index is 5.42. The summed E-state index contributed by atoms with van der Waals surface area (Å²) in [5, 5.41) is 4.97. The zero-order chi connectivity index (χ0) is 12.4. The number of hydrogen-bond donors (Lipinski definition) is 0. The van der Waals surface area contributed by atoms with Gasteiger partial charge in [-0.2, -0.15) is 5.10 Å². The molecule has 0 radical (unpaired) electrons. The summed E-state index contributed by atoms with van der Waals surface area (Å²) in [5.74, 6) is 0. The zero-order valence-corrected chi connectivity index (χ0v) is 11.3. The summed E-state index contributed by atoms with van der Waals surface area (Å²) in [5.41, 5.74) is 2.37. The molecular weight excluding hydrogens is 246 g/mol. The molecule has 0 aromatic heterocycles. The topological polar surface area (TPSA) is 28.1 Å². The number of benzene rings is 1. The minimum atomic E-state index is 0.321. The van der Waals surface area contributed by atoms with Crippen LogP contribution in [0.1, 0.15) is 5.56 Å². The normalized spacial score (nSPS) is 25.3. The molecule has 1 aromatic carbocycles. The quantitative estimate of drug-likeness (QED) is 0.758. The van der Waals surface area contributed by atoms with E-state index in [0.29, 0.717) is 5.37 Å². The van der Waals surface area contributed by atoms with Crippen molar-refractivity contribution in [3.05, 3.63) is 35.9 Å². The van der Waals surface area contributed by atoms with Gasteiger partial charge < -0.3 is 4.74 Å². The van der Waals surface area contributed by atoms with Crippen LogP contribution in [-0.2, 0) is 4.74 Å². The van der Waals surface area contributed by atoms with E-state index in [9.17, 15) is 0 Å².